The first-order valence-electron chi connectivity index (χ1n) is 5.91. The number of likely N-dealkylation sites (tertiary alicyclic amines) is 1. The molecule has 1 aliphatic rings. The van der Waals surface area contributed by atoms with Gasteiger partial charge in [-0.3, -0.25) is 4.79 Å². The van der Waals surface area contributed by atoms with E-state index in [2.05, 4.69) is 0 Å². The van der Waals surface area contributed by atoms with Crippen LogP contribution in [0.15, 0.2) is 18.2 Å². The highest BCUT2D eigenvalue weighted by molar-refractivity contribution is 6.31. The van der Waals surface area contributed by atoms with Crippen LogP contribution >= 0.6 is 11.6 Å². The van der Waals surface area contributed by atoms with Crippen molar-refractivity contribution in [2.45, 2.75) is 19.4 Å². The molecule has 5 heteroatoms. The molecule has 1 aromatic carbocycles. The van der Waals surface area contributed by atoms with Crippen molar-refractivity contribution in [1.82, 2.24) is 4.90 Å². The summed E-state index contributed by atoms with van der Waals surface area (Å²) in [5.41, 5.74) is -0.00825. The van der Waals surface area contributed by atoms with Crippen LogP contribution in [-0.4, -0.2) is 35.1 Å². The quantitative estimate of drug-likeness (QED) is 0.852. The Morgan fingerprint density at radius 2 is 2.28 bits per heavy atom. The fraction of sp³-hybridized carbons (Fsp3) is 0.462. The summed E-state index contributed by atoms with van der Waals surface area (Å²) in [6.07, 6.45) is 0.132. The Balaban J connectivity index is 2.19. The van der Waals surface area contributed by atoms with Crippen molar-refractivity contribution in [3.05, 3.63) is 34.6 Å². The van der Waals surface area contributed by atoms with E-state index in [9.17, 15) is 14.3 Å². The molecular weight excluding hydrogens is 257 g/mol. The number of carbonyl (C=O) groups excluding carboxylic acids is 1. The average Bonchev–Trinajstić information content (AvgIpc) is 2.35. The van der Waals surface area contributed by atoms with Crippen molar-refractivity contribution in [2.24, 2.45) is 5.92 Å². The monoisotopic (exact) mass is 271 g/mol. The van der Waals surface area contributed by atoms with Crippen LogP contribution in [0.25, 0.3) is 0 Å². The Morgan fingerprint density at radius 1 is 1.56 bits per heavy atom. The van der Waals surface area contributed by atoms with Gasteiger partial charge in [0.05, 0.1) is 11.7 Å². The maximum atomic E-state index is 13.6. The van der Waals surface area contributed by atoms with Gasteiger partial charge in [-0.05, 0) is 30.5 Å². The molecule has 1 amide bonds. The summed E-state index contributed by atoms with van der Waals surface area (Å²) in [6, 6.07) is 3.95. The van der Waals surface area contributed by atoms with Gasteiger partial charge in [-0.25, -0.2) is 4.39 Å². The van der Waals surface area contributed by atoms with Gasteiger partial charge < -0.3 is 10.0 Å². The fourth-order valence-electron chi connectivity index (χ4n) is 2.15. The molecule has 2 rings (SSSR count). The van der Waals surface area contributed by atoms with Crippen molar-refractivity contribution in [3.63, 3.8) is 0 Å². The minimum Gasteiger partial charge on any atom is -0.393 e. The van der Waals surface area contributed by atoms with E-state index < -0.39 is 11.9 Å². The summed E-state index contributed by atoms with van der Waals surface area (Å²) in [6.45, 7) is 2.75. The number of halogens is 2. The smallest absolute Gasteiger partial charge is 0.256 e. The summed E-state index contributed by atoms with van der Waals surface area (Å²) >= 11 is 5.77. The normalized spacial score (nSPS) is 24.1. The molecule has 2 unspecified atom stereocenters. The predicted octanol–water partition coefficient (Wildman–Crippen LogP) is 2.32. The van der Waals surface area contributed by atoms with Crippen LogP contribution in [0.4, 0.5) is 4.39 Å². The minimum absolute atomic E-state index is 0.00458. The summed E-state index contributed by atoms with van der Waals surface area (Å²) in [5.74, 6) is -0.929. The summed E-state index contributed by atoms with van der Waals surface area (Å²) in [5, 5.41) is 9.95. The first-order valence-corrected chi connectivity index (χ1v) is 6.29. The van der Waals surface area contributed by atoms with E-state index in [-0.39, 0.29) is 17.4 Å². The SMILES string of the molecule is CC1CN(C(=O)c2cc(Cl)ccc2F)CCC1O. The molecule has 98 valence electrons. The zero-order valence-corrected chi connectivity index (χ0v) is 10.8. The van der Waals surface area contributed by atoms with Gasteiger partial charge in [-0.2, -0.15) is 0 Å². The number of rotatable bonds is 1. The van der Waals surface area contributed by atoms with E-state index in [4.69, 9.17) is 11.6 Å². The lowest BCUT2D eigenvalue weighted by Crippen LogP contribution is -2.45. The zero-order chi connectivity index (χ0) is 13.3. The van der Waals surface area contributed by atoms with Crippen molar-refractivity contribution >= 4 is 17.5 Å². The number of amides is 1. The first kappa shape index (κ1) is 13.3. The highest BCUT2D eigenvalue weighted by Crippen LogP contribution is 2.21. The van der Waals surface area contributed by atoms with Crippen LogP contribution in [0.3, 0.4) is 0 Å². The van der Waals surface area contributed by atoms with Gasteiger partial charge in [0.1, 0.15) is 5.82 Å². The van der Waals surface area contributed by atoms with Crippen molar-refractivity contribution in [2.75, 3.05) is 13.1 Å². The summed E-state index contributed by atoms with van der Waals surface area (Å²) in [4.78, 5) is 13.7. The number of nitrogens with zero attached hydrogens (tertiary/aromatic N) is 1. The lowest BCUT2D eigenvalue weighted by molar-refractivity contribution is 0.0295. The standard InChI is InChI=1S/C13H15ClFNO2/c1-8-7-16(5-4-12(8)17)13(18)10-6-9(14)2-3-11(10)15/h2-3,6,8,12,17H,4-5,7H2,1H3. The second-order valence-corrected chi connectivity index (χ2v) is 5.15. The number of carbonyl (C=O) groups is 1. The Bertz CT molecular complexity index is 466. The third kappa shape index (κ3) is 2.65. The molecule has 1 aliphatic heterocycles. The van der Waals surface area contributed by atoms with Crippen LogP contribution in [0.1, 0.15) is 23.7 Å². The number of aliphatic hydroxyl groups excluding tert-OH is 1. The fourth-order valence-corrected chi connectivity index (χ4v) is 2.32. The molecule has 1 fully saturated rings. The molecule has 2 atom stereocenters. The molecule has 0 bridgehead atoms. The summed E-state index contributed by atoms with van der Waals surface area (Å²) < 4.78 is 13.6. The zero-order valence-electron chi connectivity index (χ0n) is 10.1. The second kappa shape index (κ2) is 5.24. The van der Waals surface area contributed by atoms with Crippen LogP contribution in [-0.2, 0) is 0 Å². The van der Waals surface area contributed by atoms with E-state index >= 15 is 0 Å². The van der Waals surface area contributed by atoms with Crippen molar-refractivity contribution in [1.29, 1.82) is 0 Å². The van der Waals surface area contributed by atoms with Gasteiger partial charge in [0.2, 0.25) is 0 Å². The topological polar surface area (TPSA) is 40.5 Å². The third-order valence-electron chi connectivity index (χ3n) is 3.31. The molecular formula is C13H15ClFNO2. The average molecular weight is 272 g/mol. The predicted molar refractivity (Wildman–Crippen MR) is 67.1 cm³/mol. The molecule has 1 heterocycles. The van der Waals surface area contributed by atoms with Gasteiger partial charge in [0.15, 0.2) is 0 Å². The van der Waals surface area contributed by atoms with Gasteiger partial charge in [0, 0.05) is 18.1 Å². The van der Waals surface area contributed by atoms with Gasteiger partial charge in [0.25, 0.3) is 5.91 Å². The molecule has 0 saturated carbocycles. The number of aliphatic hydroxyl groups is 1. The van der Waals surface area contributed by atoms with Crippen molar-refractivity contribution in [3.8, 4) is 0 Å². The molecule has 0 spiro atoms. The van der Waals surface area contributed by atoms with E-state index in [1.165, 1.54) is 18.2 Å². The number of piperidine rings is 1. The molecule has 1 aromatic rings. The Morgan fingerprint density at radius 3 is 2.94 bits per heavy atom. The number of hydrogen-bond donors (Lipinski definition) is 1. The van der Waals surface area contributed by atoms with E-state index in [0.717, 1.165) is 0 Å². The lowest BCUT2D eigenvalue weighted by atomic mass is 9.96. The van der Waals surface area contributed by atoms with E-state index in [0.29, 0.717) is 24.5 Å². The highest BCUT2D eigenvalue weighted by atomic mass is 35.5. The maximum absolute atomic E-state index is 13.6. The molecule has 0 aliphatic carbocycles. The molecule has 1 N–H and O–H groups in total. The van der Waals surface area contributed by atoms with Gasteiger partial charge in [-0.1, -0.05) is 18.5 Å². The maximum Gasteiger partial charge on any atom is 0.256 e. The van der Waals surface area contributed by atoms with E-state index in [1.807, 2.05) is 6.92 Å². The highest BCUT2D eigenvalue weighted by Gasteiger charge is 2.28. The largest absolute Gasteiger partial charge is 0.393 e. The Kier molecular flexibility index (Phi) is 3.88. The van der Waals surface area contributed by atoms with Crippen LogP contribution in [0, 0.1) is 11.7 Å². The van der Waals surface area contributed by atoms with Gasteiger partial charge >= 0.3 is 0 Å². The van der Waals surface area contributed by atoms with Crippen LogP contribution in [0.5, 0.6) is 0 Å². The Labute approximate surface area is 110 Å². The molecule has 3 nitrogen and oxygen atoms in total. The molecule has 1 saturated heterocycles. The molecule has 0 radical (unpaired) electrons. The minimum atomic E-state index is -0.567. The third-order valence-corrected chi connectivity index (χ3v) is 3.54. The first-order chi connectivity index (χ1) is 8.49. The molecule has 0 aromatic heterocycles. The lowest BCUT2D eigenvalue weighted by Gasteiger charge is -2.34. The van der Waals surface area contributed by atoms with E-state index in [1.54, 1.807) is 4.90 Å². The van der Waals surface area contributed by atoms with Gasteiger partial charge in [-0.15, -0.1) is 0 Å². The summed E-state index contributed by atoms with van der Waals surface area (Å²) in [7, 11) is 0. The van der Waals surface area contributed by atoms with Crippen molar-refractivity contribution < 1.29 is 14.3 Å². The second-order valence-electron chi connectivity index (χ2n) is 4.71. The molecule has 18 heavy (non-hydrogen) atoms. The Hall–Kier alpha value is -1.13. The number of benzene rings is 1. The number of hydrogen-bond acceptors (Lipinski definition) is 2. The van der Waals surface area contributed by atoms with Crippen LogP contribution in [0.2, 0.25) is 5.02 Å². The van der Waals surface area contributed by atoms with Crippen LogP contribution < -0.4 is 0 Å².